The summed E-state index contributed by atoms with van der Waals surface area (Å²) in [6.45, 7) is 0. The van der Waals surface area contributed by atoms with Crippen molar-refractivity contribution in [1.29, 1.82) is 0 Å². The third kappa shape index (κ3) is 1.65. The highest BCUT2D eigenvalue weighted by Gasteiger charge is 2.39. The number of aromatic nitrogens is 1. The normalized spacial score (nSPS) is 14.3. The van der Waals surface area contributed by atoms with Gasteiger partial charge in [-0.05, 0) is 12.1 Å². The molecule has 2 aromatic rings. The fraction of sp³-hybridized carbons (Fsp3) is 0.200. The smallest absolute Gasteiger partial charge is 0.361 e. The van der Waals surface area contributed by atoms with Gasteiger partial charge in [-0.15, -0.1) is 0 Å². The summed E-state index contributed by atoms with van der Waals surface area (Å²) >= 11 is 0. The number of rotatable bonds is 1. The molecule has 86 valence electrons. The highest BCUT2D eigenvalue weighted by atomic mass is 19.4. The zero-order chi connectivity index (χ0) is 11.9. The molecule has 0 aliphatic heterocycles. The van der Waals surface area contributed by atoms with E-state index in [1.165, 1.54) is 12.1 Å². The summed E-state index contributed by atoms with van der Waals surface area (Å²) in [5.41, 5.74) is 5.06. The van der Waals surface area contributed by atoms with Crippen LogP contribution in [0.1, 0.15) is 11.6 Å². The molecule has 0 bridgehead atoms. The Morgan fingerprint density at radius 1 is 1.25 bits per heavy atom. The van der Waals surface area contributed by atoms with Crippen LogP contribution >= 0.6 is 0 Å². The molecule has 2 nitrogen and oxygen atoms in total. The first-order valence-electron chi connectivity index (χ1n) is 4.49. The molecule has 1 heterocycles. The Morgan fingerprint density at radius 2 is 1.94 bits per heavy atom. The molecule has 1 atom stereocenters. The van der Waals surface area contributed by atoms with Gasteiger partial charge in [0.25, 0.3) is 0 Å². The van der Waals surface area contributed by atoms with Crippen molar-refractivity contribution in [2.24, 2.45) is 5.73 Å². The van der Waals surface area contributed by atoms with Gasteiger partial charge in [0.15, 0.2) is 0 Å². The molecular weight excluding hydrogens is 224 g/mol. The quantitative estimate of drug-likeness (QED) is 0.729. The molecular formula is C10H8F4N2. The Bertz CT molecular complexity index is 515. The summed E-state index contributed by atoms with van der Waals surface area (Å²) in [7, 11) is 0. The first-order valence-corrected chi connectivity index (χ1v) is 4.49. The highest BCUT2D eigenvalue weighted by molar-refractivity contribution is 5.84. The zero-order valence-electron chi connectivity index (χ0n) is 7.98. The number of H-pyrrole nitrogens is 1. The molecule has 0 saturated heterocycles. The number of benzene rings is 1. The molecule has 0 aliphatic rings. The van der Waals surface area contributed by atoms with Gasteiger partial charge in [-0.25, -0.2) is 4.39 Å². The number of nitrogens with two attached hydrogens (primary N) is 1. The van der Waals surface area contributed by atoms with Gasteiger partial charge in [0, 0.05) is 22.7 Å². The third-order valence-electron chi connectivity index (χ3n) is 2.37. The van der Waals surface area contributed by atoms with Crippen molar-refractivity contribution in [3.8, 4) is 0 Å². The van der Waals surface area contributed by atoms with E-state index in [9.17, 15) is 17.6 Å². The van der Waals surface area contributed by atoms with Crippen molar-refractivity contribution in [2.75, 3.05) is 0 Å². The van der Waals surface area contributed by atoms with Crippen LogP contribution in [0.25, 0.3) is 10.9 Å². The first-order chi connectivity index (χ1) is 7.41. The predicted octanol–water partition coefficient (Wildman–Crippen LogP) is 2.87. The lowest BCUT2D eigenvalue weighted by Crippen LogP contribution is -2.28. The van der Waals surface area contributed by atoms with Gasteiger partial charge in [-0.1, -0.05) is 6.07 Å². The van der Waals surface area contributed by atoms with E-state index < -0.39 is 18.0 Å². The summed E-state index contributed by atoms with van der Waals surface area (Å²) in [4.78, 5) is 2.56. The second kappa shape index (κ2) is 3.48. The van der Waals surface area contributed by atoms with E-state index in [0.29, 0.717) is 5.52 Å². The van der Waals surface area contributed by atoms with Gasteiger partial charge in [0.2, 0.25) is 0 Å². The highest BCUT2D eigenvalue weighted by Crippen LogP contribution is 2.35. The van der Waals surface area contributed by atoms with E-state index in [1.807, 2.05) is 0 Å². The van der Waals surface area contributed by atoms with Gasteiger partial charge in [0.05, 0.1) is 0 Å². The molecule has 0 amide bonds. The second-order valence-electron chi connectivity index (χ2n) is 3.43. The standard InChI is InChI=1S/C10H8F4N2/c11-6-2-1-3-7-8(6)5(4-16-7)9(15)10(12,13)14/h1-4,9,16H,15H2/t9-/m1/s1. The van der Waals surface area contributed by atoms with Crippen LogP contribution in [0.5, 0.6) is 0 Å². The minimum atomic E-state index is -4.59. The molecule has 0 fully saturated rings. The molecule has 0 unspecified atom stereocenters. The van der Waals surface area contributed by atoms with Crippen LogP contribution in [0, 0.1) is 5.82 Å². The van der Waals surface area contributed by atoms with Crippen LogP contribution < -0.4 is 5.73 Å². The van der Waals surface area contributed by atoms with Crippen LogP contribution in [-0.4, -0.2) is 11.2 Å². The molecule has 1 aromatic heterocycles. The van der Waals surface area contributed by atoms with E-state index in [-0.39, 0.29) is 10.9 Å². The lowest BCUT2D eigenvalue weighted by molar-refractivity contribution is -0.148. The topological polar surface area (TPSA) is 41.8 Å². The number of alkyl halides is 3. The van der Waals surface area contributed by atoms with Crippen molar-refractivity contribution in [3.63, 3.8) is 0 Å². The summed E-state index contributed by atoms with van der Waals surface area (Å²) in [5.74, 6) is -0.714. The fourth-order valence-electron chi connectivity index (χ4n) is 1.59. The minimum absolute atomic E-state index is 0.104. The number of aromatic amines is 1. The molecule has 6 heteroatoms. The van der Waals surface area contributed by atoms with Gasteiger partial charge in [-0.2, -0.15) is 13.2 Å². The van der Waals surface area contributed by atoms with Crippen LogP contribution in [0.2, 0.25) is 0 Å². The zero-order valence-corrected chi connectivity index (χ0v) is 7.98. The van der Waals surface area contributed by atoms with E-state index in [2.05, 4.69) is 4.98 Å². The Hall–Kier alpha value is -1.56. The molecule has 3 N–H and O–H groups in total. The molecule has 16 heavy (non-hydrogen) atoms. The van der Waals surface area contributed by atoms with Crippen molar-refractivity contribution < 1.29 is 17.6 Å². The lowest BCUT2D eigenvalue weighted by atomic mass is 10.1. The van der Waals surface area contributed by atoms with Crippen molar-refractivity contribution in [3.05, 3.63) is 35.8 Å². The largest absolute Gasteiger partial charge is 0.407 e. The molecule has 0 saturated carbocycles. The molecule has 0 radical (unpaired) electrons. The molecule has 0 aliphatic carbocycles. The number of halogens is 4. The van der Waals surface area contributed by atoms with E-state index in [1.54, 1.807) is 0 Å². The number of hydrogen-bond donors (Lipinski definition) is 2. The summed E-state index contributed by atoms with van der Waals surface area (Å²) in [5, 5.41) is -0.104. The Morgan fingerprint density at radius 3 is 2.56 bits per heavy atom. The monoisotopic (exact) mass is 232 g/mol. The maximum absolute atomic E-state index is 13.4. The van der Waals surface area contributed by atoms with Gasteiger partial charge < -0.3 is 10.7 Å². The van der Waals surface area contributed by atoms with E-state index >= 15 is 0 Å². The van der Waals surface area contributed by atoms with Gasteiger partial charge in [0.1, 0.15) is 11.9 Å². The predicted molar refractivity (Wildman–Crippen MR) is 51.2 cm³/mol. The first kappa shape index (κ1) is 10.9. The average molecular weight is 232 g/mol. The third-order valence-corrected chi connectivity index (χ3v) is 2.37. The second-order valence-corrected chi connectivity index (χ2v) is 3.43. The molecule has 0 spiro atoms. The Balaban J connectivity index is 2.62. The average Bonchev–Trinajstić information content (AvgIpc) is 2.60. The van der Waals surface area contributed by atoms with Crippen LogP contribution in [0.4, 0.5) is 17.6 Å². The lowest BCUT2D eigenvalue weighted by Gasteiger charge is -2.14. The SMILES string of the molecule is N[C@H](c1c[nH]c2cccc(F)c12)C(F)(F)F. The number of nitrogens with one attached hydrogen (secondary N) is 1. The Labute approximate surface area is 88.1 Å². The fourth-order valence-corrected chi connectivity index (χ4v) is 1.59. The van der Waals surface area contributed by atoms with Crippen molar-refractivity contribution in [2.45, 2.75) is 12.2 Å². The molecule has 2 rings (SSSR count). The van der Waals surface area contributed by atoms with Gasteiger partial charge >= 0.3 is 6.18 Å². The number of hydrogen-bond acceptors (Lipinski definition) is 1. The summed E-state index contributed by atoms with van der Waals surface area (Å²) in [6.07, 6.45) is -3.50. The van der Waals surface area contributed by atoms with Crippen LogP contribution in [0.3, 0.4) is 0 Å². The summed E-state index contributed by atoms with van der Waals surface area (Å²) in [6, 6.07) is 1.82. The molecule has 1 aromatic carbocycles. The van der Waals surface area contributed by atoms with Crippen LogP contribution in [0.15, 0.2) is 24.4 Å². The minimum Gasteiger partial charge on any atom is -0.361 e. The van der Waals surface area contributed by atoms with E-state index in [4.69, 9.17) is 5.73 Å². The van der Waals surface area contributed by atoms with Crippen molar-refractivity contribution in [1.82, 2.24) is 4.98 Å². The summed E-state index contributed by atoms with van der Waals surface area (Å²) < 4.78 is 50.6. The maximum Gasteiger partial charge on any atom is 0.407 e. The maximum atomic E-state index is 13.4. The van der Waals surface area contributed by atoms with Gasteiger partial charge in [-0.3, -0.25) is 0 Å². The van der Waals surface area contributed by atoms with Crippen LogP contribution in [-0.2, 0) is 0 Å². The Kier molecular flexibility index (Phi) is 2.38. The van der Waals surface area contributed by atoms with Crippen molar-refractivity contribution >= 4 is 10.9 Å². The van der Waals surface area contributed by atoms with E-state index in [0.717, 1.165) is 12.3 Å². The number of fused-ring (bicyclic) bond motifs is 1.